The minimum atomic E-state index is -0.0553. The number of aryl methyl sites for hydroxylation is 2. The second-order valence-corrected chi connectivity index (χ2v) is 5.88. The number of fused-ring (bicyclic) bond motifs is 1. The van der Waals surface area contributed by atoms with Crippen LogP contribution in [0.4, 0.5) is 0 Å². The summed E-state index contributed by atoms with van der Waals surface area (Å²) in [4.78, 5) is 0. The van der Waals surface area contributed by atoms with Crippen LogP contribution in [0.2, 0.25) is 0 Å². The van der Waals surface area contributed by atoms with Crippen LogP contribution in [0.15, 0.2) is 48.5 Å². The maximum absolute atomic E-state index is 6.31. The lowest BCUT2D eigenvalue weighted by atomic mass is 9.89. The molecule has 0 spiro atoms. The normalized spacial score (nSPS) is 19.0. The van der Waals surface area contributed by atoms with Gasteiger partial charge >= 0.3 is 0 Å². The van der Waals surface area contributed by atoms with Crippen LogP contribution in [0, 0.1) is 6.92 Å². The number of rotatable bonds is 4. The van der Waals surface area contributed by atoms with Crippen LogP contribution in [0.3, 0.4) is 0 Å². The van der Waals surface area contributed by atoms with Gasteiger partial charge in [-0.2, -0.15) is 0 Å². The van der Waals surface area contributed by atoms with Crippen LogP contribution >= 0.6 is 0 Å². The summed E-state index contributed by atoms with van der Waals surface area (Å²) < 4.78 is 6.16. The molecule has 0 radical (unpaired) electrons. The standard InChI is InChI=1S/C19H23NO/c1-14-7-2-4-10-16(14)18(20)13-21-19-12-6-9-15-8-3-5-11-17(15)19/h2-5,7-8,10-11,18-19H,6,9,12-13,20H2,1H3. The number of ether oxygens (including phenoxy) is 1. The zero-order chi connectivity index (χ0) is 14.7. The van der Waals surface area contributed by atoms with Crippen molar-refractivity contribution in [3.8, 4) is 0 Å². The van der Waals surface area contributed by atoms with Gasteiger partial charge in [-0.05, 0) is 48.4 Å². The molecule has 0 heterocycles. The van der Waals surface area contributed by atoms with Crippen LogP contribution in [-0.2, 0) is 11.2 Å². The molecule has 0 bridgehead atoms. The third kappa shape index (κ3) is 3.17. The van der Waals surface area contributed by atoms with Gasteiger partial charge in [-0.3, -0.25) is 0 Å². The van der Waals surface area contributed by atoms with E-state index >= 15 is 0 Å². The molecule has 2 heteroatoms. The molecule has 2 nitrogen and oxygen atoms in total. The van der Waals surface area contributed by atoms with Crippen LogP contribution in [-0.4, -0.2) is 6.61 Å². The van der Waals surface area contributed by atoms with Crippen molar-refractivity contribution in [2.24, 2.45) is 5.73 Å². The molecule has 1 aliphatic carbocycles. The molecule has 2 atom stereocenters. The van der Waals surface area contributed by atoms with Crippen molar-refractivity contribution < 1.29 is 4.74 Å². The fraction of sp³-hybridized carbons (Fsp3) is 0.368. The first kappa shape index (κ1) is 14.3. The lowest BCUT2D eigenvalue weighted by Crippen LogP contribution is -2.21. The third-order valence-electron chi connectivity index (χ3n) is 4.38. The molecule has 21 heavy (non-hydrogen) atoms. The van der Waals surface area contributed by atoms with Gasteiger partial charge in [0.2, 0.25) is 0 Å². The van der Waals surface area contributed by atoms with E-state index in [1.165, 1.54) is 35.1 Å². The summed E-state index contributed by atoms with van der Waals surface area (Å²) >= 11 is 0. The summed E-state index contributed by atoms with van der Waals surface area (Å²) in [5.41, 5.74) is 11.5. The van der Waals surface area contributed by atoms with Gasteiger partial charge in [-0.25, -0.2) is 0 Å². The van der Waals surface area contributed by atoms with Crippen LogP contribution in [0.5, 0.6) is 0 Å². The smallest absolute Gasteiger partial charge is 0.0828 e. The largest absolute Gasteiger partial charge is 0.372 e. The maximum Gasteiger partial charge on any atom is 0.0828 e. The first-order valence-electron chi connectivity index (χ1n) is 7.76. The van der Waals surface area contributed by atoms with Crippen molar-refractivity contribution in [3.63, 3.8) is 0 Å². The second kappa shape index (κ2) is 6.42. The fourth-order valence-corrected chi connectivity index (χ4v) is 3.19. The zero-order valence-corrected chi connectivity index (χ0v) is 12.6. The SMILES string of the molecule is Cc1ccccc1C(N)COC1CCCc2ccccc21. The fourth-order valence-electron chi connectivity index (χ4n) is 3.19. The molecule has 0 fully saturated rings. The topological polar surface area (TPSA) is 35.2 Å². The predicted octanol–water partition coefficient (Wildman–Crippen LogP) is 4.09. The Balaban J connectivity index is 1.67. The summed E-state index contributed by atoms with van der Waals surface area (Å²) in [6.07, 6.45) is 3.66. The van der Waals surface area contributed by atoms with Gasteiger partial charge in [0.15, 0.2) is 0 Å². The highest BCUT2D eigenvalue weighted by molar-refractivity contribution is 5.31. The Bertz CT molecular complexity index is 608. The molecule has 2 unspecified atom stereocenters. The molecule has 3 rings (SSSR count). The Labute approximate surface area is 126 Å². The van der Waals surface area contributed by atoms with Crippen molar-refractivity contribution in [1.82, 2.24) is 0 Å². The van der Waals surface area contributed by atoms with Gasteiger partial charge < -0.3 is 10.5 Å². The monoisotopic (exact) mass is 281 g/mol. The quantitative estimate of drug-likeness (QED) is 0.916. The van der Waals surface area contributed by atoms with E-state index in [0.29, 0.717) is 6.61 Å². The molecular weight excluding hydrogens is 258 g/mol. The number of nitrogens with two attached hydrogens (primary N) is 1. The summed E-state index contributed by atoms with van der Waals surface area (Å²) in [5.74, 6) is 0. The first-order valence-corrected chi connectivity index (χ1v) is 7.76. The molecule has 0 aliphatic heterocycles. The number of hydrogen-bond donors (Lipinski definition) is 1. The first-order chi connectivity index (χ1) is 10.3. The van der Waals surface area contributed by atoms with Gasteiger partial charge in [0, 0.05) is 0 Å². The lowest BCUT2D eigenvalue weighted by Gasteiger charge is -2.27. The highest BCUT2D eigenvalue weighted by Crippen LogP contribution is 2.33. The minimum Gasteiger partial charge on any atom is -0.372 e. The summed E-state index contributed by atoms with van der Waals surface area (Å²) in [6, 6.07) is 16.8. The van der Waals surface area contributed by atoms with Crippen molar-refractivity contribution in [2.45, 2.75) is 38.3 Å². The van der Waals surface area contributed by atoms with E-state index in [1.807, 2.05) is 12.1 Å². The van der Waals surface area contributed by atoms with Gasteiger partial charge in [-0.15, -0.1) is 0 Å². The van der Waals surface area contributed by atoms with E-state index < -0.39 is 0 Å². The predicted molar refractivity (Wildman–Crippen MR) is 86.2 cm³/mol. The maximum atomic E-state index is 6.31. The van der Waals surface area contributed by atoms with E-state index in [1.54, 1.807) is 0 Å². The Morgan fingerprint density at radius 3 is 2.76 bits per heavy atom. The van der Waals surface area contributed by atoms with E-state index in [9.17, 15) is 0 Å². The third-order valence-corrected chi connectivity index (χ3v) is 4.38. The minimum absolute atomic E-state index is 0.0553. The van der Waals surface area contributed by atoms with Crippen LogP contribution in [0.1, 0.15) is 47.2 Å². The van der Waals surface area contributed by atoms with Gasteiger partial charge in [-0.1, -0.05) is 48.5 Å². The molecule has 2 N–H and O–H groups in total. The van der Waals surface area contributed by atoms with Crippen LogP contribution < -0.4 is 5.73 Å². The van der Waals surface area contributed by atoms with E-state index in [4.69, 9.17) is 10.5 Å². The second-order valence-electron chi connectivity index (χ2n) is 5.88. The Morgan fingerprint density at radius 1 is 1.14 bits per heavy atom. The average Bonchev–Trinajstić information content (AvgIpc) is 2.53. The van der Waals surface area contributed by atoms with Crippen molar-refractivity contribution in [2.75, 3.05) is 6.61 Å². The number of benzene rings is 2. The van der Waals surface area contributed by atoms with Crippen LogP contribution in [0.25, 0.3) is 0 Å². The molecule has 2 aromatic rings. The number of hydrogen-bond acceptors (Lipinski definition) is 2. The Kier molecular flexibility index (Phi) is 4.37. The molecule has 0 aromatic heterocycles. The summed E-state index contributed by atoms with van der Waals surface area (Å²) in [7, 11) is 0. The molecule has 1 aliphatic rings. The molecule has 0 saturated carbocycles. The van der Waals surface area contributed by atoms with Gasteiger partial charge in [0.25, 0.3) is 0 Å². The molecule has 0 saturated heterocycles. The highest BCUT2D eigenvalue weighted by atomic mass is 16.5. The summed E-state index contributed by atoms with van der Waals surface area (Å²) in [6.45, 7) is 2.68. The Hall–Kier alpha value is -1.64. The average molecular weight is 281 g/mol. The highest BCUT2D eigenvalue weighted by Gasteiger charge is 2.21. The van der Waals surface area contributed by atoms with Crippen molar-refractivity contribution in [1.29, 1.82) is 0 Å². The van der Waals surface area contributed by atoms with Crippen molar-refractivity contribution >= 4 is 0 Å². The van der Waals surface area contributed by atoms with Gasteiger partial charge in [0.05, 0.1) is 18.8 Å². The summed E-state index contributed by atoms with van der Waals surface area (Å²) in [5, 5.41) is 0. The molecular formula is C19H23NO. The van der Waals surface area contributed by atoms with E-state index in [0.717, 1.165) is 6.42 Å². The molecule has 0 amide bonds. The van der Waals surface area contributed by atoms with Gasteiger partial charge in [0.1, 0.15) is 0 Å². The lowest BCUT2D eigenvalue weighted by molar-refractivity contribution is 0.0319. The van der Waals surface area contributed by atoms with Crippen molar-refractivity contribution in [3.05, 3.63) is 70.8 Å². The van der Waals surface area contributed by atoms with E-state index in [-0.39, 0.29) is 12.1 Å². The zero-order valence-electron chi connectivity index (χ0n) is 12.6. The Morgan fingerprint density at radius 2 is 1.90 bits per heavy atom. The van der Waals surface area contributed by atoms with E-state index in [2.05, 4.69) is 43.3 Å². The molecule has 110 valence electrons. The molecule has 2 aromatic carbocycles.